The zero-order valence-corrected chi connectivity index (χ0v) is 12.1. The van der Waals surface area contributed by atoms with Crippen molar-refractivity contribution >= 4 is 0 Å². The van der Waals surface area contributed by atoms with Gasteiger partial charge in [-0.15, -0.1) is 0 Å². The number of hydrogen-bond donors (Lipinski definition) is 1. The molecule has 19 heavy (non-hydrogen) atoms. The van der Waals surface area contributed by atoms with Crippen LogP contribution in [0.5, 0.6) is 5.75 Å². The molecule has 0 aliphatic carbocycles. The summed E-state index contributed by atoms with van der Waals surface area (Å²) in [5.41, 5.74) is 0.146. The van der Waals surface area contributed by atoms with Crippen LogP contribution in [0.2, 0.25) is 0 Å². The van der Waals surface area contributed by atoms with E-state index in [1.807, 2.05) is 31.2 Å². The Labute approximate surface area is 115 Å². The minimum absolute atomic E-state index is 0.120. The summed E-state index contributed by atoms with van der Waals surface area (Å²) >= 11 is 0. The van der Waals surface area contributed by atoms with E-state index < -0.39 is 5.60 Å². The molecule has 3 heteroatoms. The molecule has 0 aromatic heterocycles. The minimum Gasteiger partial charge on any atom is -0.494 e. The fourth-order valence-corrected chi connectivity index (χ4v) is 2.61. The lowest BCUT2D eigenvalue weighted by Crippen LogP contribution is -2.40. The standard InChI is InChI=1S/C16H24O3/c1-4-18-14-7-5-6-13(10-14)16(17)8-9-19-15(11-16)12(2)3/h5-7,10,12,15,17H,4,8-9,11H2,1-3H3. The van der Waals surface area contributed by atoms with E-state index in [1.165, 1.54) is 0 Å². The van der Waals surface area contributed by atoms with E-state index in [4.69, 9.17) is 9.47 Å². The molecule has 0 amide bonds. The number of benzene rings is 1. The van der Waals surface area contributed by atoms with Gasteiger partial charge in [0.2, 0.25) is 0 Å². The molecule has 2 atom stereocenters. The van der Waals surface area contributed by atoms with Crippen LogP contribution in [-0.4, -0.2) is 24.4 Å². The molecule has 106 valence electrons. The molecular weight excluding hydrogens is 240 g/mol. The molecule has 1 saturated heterocycles. The highest BCUT2D eigenvalue weighted by Crippen LogP contribution is 2.37. The molecule has 1 aromatic rings. The number of ether oxygens (including phenoxy) is 2. The molecule has 0 saturated carbocycles. The van der Waals surface area contributed by atoms with Crippen molar-refractivity contribution in [1.82, 2.24) is 0 Å². The third kappa shape index (κ3) is 3.28. The van der Waals surface area contributed by atoms with Crippen molar-refractivity contribution in [3.05, 3.63) is 29.8 Å². The average Bonchev–Trinajstić information content (AvgIpc) is 2.39. The van der Waals surface area contributed by atoms with Crippen molar-refractivity contribution in [2.75, 3.05) is 13.2 Å². The Balaban J connectivity index is 2.20. The Morgan fingerprint density at radius 2 is 2.26 bits per heavy atom. The van der Waals surface area contributed by atoms with Crippen LogP contribution in [-0.2, 0) is 10.3 Å². The van der Waals surface area contributed by atoms with Gasteiger partial charge in [-0.1, -0.05) is 26.0 Å². The summed E-state index contributed by atoms with van der Waals surface area (Å²) < 4.78 is 11.3. The molecule has 1 fully saturated rings. The molecule has 1 aromatic carbocycles. The largest absolute Gasteiger partial charge is 0.494 e. The van der Waals surface area contributed by atoms with Crippen LogP contribution in [0.1, 0.15) is 39.2 Å². The van der Waals surface area contributed by atoms with Gasteiger partial charge in [0.25, 0.3) is 0 Å². The van der Waals surface area contributed by atoms with Gasteiger partial charge in [-0.2, -0.15) is 0 Å². The quantitative estimate of drug-likeness (QED) is 0.908. The van der Waals surface area contributed by atoms with Crippen LogP contribution in [0.4, 0.5) is 0 Å². The number of rotatable bonds is 4. The molecule has 1 heterocycles. The van der Waals surface area contributed by atoms with E-state index in [1.54, 1.807) is 0 Å². The van der Waals surface area contributed by atoms with Gasteiger partial charge in [0, 0.05) is 12.8 Å². The second-order valence-corrected chi connectivity index (χ2v) is 5.60. The highest BCUT2D eigenvalue weighted by Gasteiger charge is 2.37. The fourth-order valence-electron chi connectivity index (χ4n) is 2.61. The predicted molar refractivity (Wildman–Crippen MR) is 75.3 cm³/mol. The van der Waals surface area contributed by atoms with Crippen molar-refractivity contribution in [3.63, 3.8) is 0 Å². The molecule has 2 rings (SSSR count). The van der Waals surface area contributed by atoms with Gasteiger partial charge in [-0.3, -0.25) is 0 Å². The first-order valence-electron chi connectivity index (χ1n) is 7.12. The Bertz CT molecular complexity index is 416. The highest BCUT2D eigenvalue weighted by atomic mass is 16.5. The highest BCUT2D eigenvalue weighted by molar-refractivity contribution is 5.32. The second kappa shape index (κ2) is 5.93. The number of hydrogen-bond acceptors (Lipinski definition) is 3. The average molecular weight is 264 g/mol. The Hall–Kier alpha value is -1.06. The van der Waals surface area contributed by atoms with Gasteiger partial charge in [0.15, 0.2) is 0 Å². The van der Waals surface area contributed by atoms with Crippen LogP contribution in [0.15, 0.2) is 24.3 Å². The summed E-state index contributed by atoms with van der Waals surface area (Å²) in [6, 6.07) is 7.80. The minimum atomic E-state index is -0.791. The molecule has 2 unspecified atom stereocenters. The molecule has 1 aliphatic rings. The van der Waals surface area contributed by atoms with E-state index in [0.717, 1.165) is 11.3 Å². The summed E-state index contributed by atoms with van der Waals surface area (Å²) in [4.78, 5) is 0. The first-order valence-corrected chi connectivity index (χ1v) is 7.12. The zero-order valence-electron chi connectivity index (χ0n) is 12.1. The maximum Gasteiger partial charge on any atom is 0.119 e. The van der Waals surface area contributed by atoms with Crippen LogP contribution >= 0.6 is 0 Å². The van der Waals surface area contributed by atoms with Crippen molar-refractivity contribution in [1.29, 1.82) is 0 Å². The SMILES string of the molecule is CCOc1cccc(C2(O)CCOC(C(C)C)C2)c1. The molecule has 0 spiro atoms. The van der Waals surface area contributed by atoms with Crippen LogP contribution < -0.4 is 4.74 Å². The lowest BCUT2D eigenvalue weighted by Gasteiger charge is -2.39. The molecule has 1 N–H and O–H groups in total. The smallest absolute Gasteiger partial charge is 0.119 e. The normalized spacial score (nSPS) is 27.5. The lowest BCUT2D eigenvalue weighted by molar-refractivity contribution is -0.121. The maximum absolute atomic E-state index is 10.9. The topological polar surface area (TPSA) is 38.7 Å². The van der Waals surface area contributed by atoms with E-state index in [2.05, 4.69) is 13.8 Å². The van der Waals surface area contributed by atoms with Crippen LogP contribution in [0.3, 0.4) is 0 Å². The van der Waals surface area contributed by atoms with Gasteiger partial charge in [0.1, 0.15) is 5.75 Å². The van der Waals surface area contributed by atoms with E-state index in [0.29, 0.717) is 32.0 Å². The van der Waals surface area contributed by atoms with Gasteiger partial charge in [0.05, 0.1) is 24.9 Å². The molecule has 0 radical (unpaired) electrons. The van der Waals surface area contributed by atoms with Crippen molar-refractivity contribution in [2.24, 2.45) is 5.92 Å². The van der Waals surface area contributed by atoms with E-state index in [9.17, 15) is 5.11 Å². The van der Waals surface area contributed by atoms with E-state index in [-0.39, 0.29) is 6.10 Å². The van der Waals surface area contributed by atoms with Gasteiger partial charge in [-0.05, 0) is 30.5 Å². The monoisotopic (exact) mass is 264 g/mol. The Morgan fingerprint density at radius 3 is 2.95 bits per heavy atom. The molecular formula is C16H24O3. The first kappa shape index (κ1) is 14.4. The van der Waals surface area contributed by atoms with Gasteiger partial charge >= 0.3 is 0 Å². The van der Waals surface area contributed by atoms with E-state index >= 15 is 0 Å². The third-order valence-corrected chi connectivity index (χ3v) is 3.81. The third-order valence-electron chi connectivity index (χ3n) is 3.81. The van der Waals surface area contributed by atoms with Gasteiger partial charge in [-0.25, -0.2) is 0 Å². The summed E-state index contributed by atoms with van der Waals surface area (Å²) in [5.74, 6) is 1.24. The summed E-state index contributed by atoms with van der Waals surface area (Å²) in [7, 11) is 0. The Morgan fingerprint density at radius 1 is 1.47 bits per heavy atom. The van der Waals surface area contributed by atoms with Crippen molar-refractivity contribution in [3.8, 4) is 5.75 Å². The Kier molecular flexibility index (Phi) is 4.48. The zero-order chi connectivity index (χ0) is 13.9. The predicted octanol–water partition coefficient (Wildman–Crippen LogP) is 3.11. The fraction of sp³-hybridized carbons (Fsp3) is 0.625. The van der Waals surface area contributed by atoms with Gasteiger partial charge < -0.3 is 14.6 Å². The maximum atomic E-state index is 10.9. The lowest BCUT2D eigenvalue weighted by atomic mass is 9.81. The number of aliphatic hydroxyl groups is 1. The molecule has 1 aliphatic heterocycles. The van der Waals surface area contributed by atoms with Crippen LogP contribution in [0.25, 0.3) is 0 Å². The molecule has 0 bridgehead atoms. The second-order valence-electron chi connectivity index (χ2n) is 5.60. The summed E-state index contributed by atoms with van der Waals surface area (Å²) in [6.07, 6.45) is 1.42. The summed E-state index contributed by atoms with van der Waals surface area (Å²) in [6.45, 7) is 7.47. The van der Waals surface area contributed by atoms with Crippen molar-refractivity contribution in [2.45, 2.75) is 45.3 Å². The van der Waals surface area contributed by atoms with Crippen molar-refractivity contribution < 1.29 is 14.6 Å². The van der Waals surface area contributed by atoms with Crippen LogP contribution in [0, 0.1) is 5.92 Å². The molecule has 3 nitrogen and oxygen atoms in total. The first-order chi connectivity index (χ1) is 9.05. The summed E-state index contributed by atoms with van der Waals surface area (Å²) in [5, 5.41) is 10.9.